The molecule has 2 aliphatic rings. The number of likely N-dealkylation sites (tertiary alicyclic amines) is 1. The molecule has 0 aliphatic carbocycles. The summed E-state index contributed by atoms with van der Waals surface area (Å²) in [5.41, 5.74) is 5.30. The highest BCUT2D eigenvalue weighted by molar-refractivity contribution is 6.01. The molecule has 0 bridgehead atoms. The second kappa shape index (κ2) is 8.51. The maximum absolute atomic E-state index is 11.6. The Kier molecular flexibility index (Phi) is 6.39. The predicted molar refractivity (Wildman–Crippen MR) is 89.2 cm³/mol. The van der Waals surface area contributed by atoms with Gasteiger partial charge in [0.15, 0.2) is 5.96 Å². The lowest BCUT2D eigenvalue weighted by molar-refractivity contribution is -0.125. The van der Waals surface area contributed by atoms with E-state index in [0.717, 1.165) is 38.4 Å². The van der Waals surface area contributed by atoms with Gasteiger partial charge in [-0.05, 0) is 25.7 Å². The molecule has 2 heterocycles. The fraction of sp³-hybridized carbons (Fsp3) is 0.733. The molecular formula is C15H26N6O3. The smallest absolute Gasteiger partial charge is 0.324 e. The van der Waals surface area contributed by atoms with Crippen molar-refractivity contribution in [3.8, 4) is 0 Å². The van der Waals surface area contributed by atoms with Crippen molar-refractivity contribution in [1.82, 2.24) is 20.4 Å². The minimum atomic E-state index is -0.361. The molecule has 134 valence electrons. The Hall–Kier alpha value is -2.32. The maximum atomic E-state index is 11.6. The second-order valence-electron chi connectivity index (χ2n) is 6.06. The average Bonchev–Trinajstić information content (AvgIpc) is 2.85. The molecular weight excluding hydrogens is 312 g/mol. The van der Waals surface area contributed by atoms with E-state index < -0.39 is 0 Å². The van der Waals surface area contributed by atoms with Crippen molar-refractivity contribution in [2.75, 3.05) is 39.3 Å². The van der Waals surface area contributed by atoms with E-state index >= 15 is 0 Å². The molecule has 0 aromatic heterocycles. The molecule has 0 saturated carbocycles. The fourth-order valence-corrected chi connectivity index (χ4v) is 3.07. The standard InChI is InChI=1S/C15H26N6O3/c1-2-17-14(18-5-7-21-13(23)9-19-15(21)24)20-6-3-4-11(10-20)8-12(16)22/h11H,2-10H2,1H3,(H2,16,22)(H,17,18)(H,19,24). The molecule has 2 saturated heterocycles. The van der Waals surface area contributed by atoms with Gasteiger partial charge in [-0.3, -0.25) is 19.5 Å². The number of primary amides is 1. The number of hydrogen-bond acceptors (Lipinski definition) is 4. The van der Waals surface area contributed by atoms with Crippen molar-refractivity contribution in [1.29, 1.82) is 0 Å². The number of nitrogens with zero attached hydrogens (tertiary/aromatic N) is 3. The van der Waals surface area contributed by atoms with Crippen LogP contribution in [0.25, 0.3) is 0 Å². The third-order valence-corrected chi connectivity index (χ3v) is 4.17. The van der Waals surface area contributed by atoms with Crippen LogP contribution >= 0.6 is 0 Å². The summed E-state index contributed by atoms with van der Waals surface area (Å²) in [5.74, 6) is 0.492. The van der Waals surface area contributed by atoms with Gasteiger partial charge in [-0.15, -0.1) is 0 Å². The summed E-state index contributed by atoms with van der Waals surface area (Å²) in [5, 5.41) is 5.72. The molecule has 2 fully saturated rings. The summed E-state index contributed by atoms with van der Waals surface area (Å²) in [6, 6.07) is -0.361. The molecule has 0 aromatic rings. The molecule has 0 spiro atoms. The van der Waals surface area contributed by atoms with Gasteiger partial charge in [0, 0.05) is 26.1 Å². The zero-order valence-corrected chi connectivity index (χ0v) is 14.1. The van der Waals surface area contributed by atoms with Crippen LogP contribution in [0.15, 0.2) is 4.99 Å². The third-order valence-electron chi connectivity index (χ3n) is 4.17. The Bertz CT molecular complexity index is 505. The maximum Gasteiger partial charge on any atom is 0.324 e. The number of nitrogens with two attached hydrogens (primary N) is 1. The zero-order chi connectivity index (χ0) is 17.5. The number of urea groups is 1. The quantitative estimate of drug-likeness (QED) is 0.329. The molecule has 1 unspecified atom stereocenters. The van der Waals surface area contributed by atoms with Gasteiger partial charge in [0.1, 0.15) is 0 Å². The lowest BCUT2D eigenvalue weighted by Crippen LogP contribution is -2.47. The van der Waals surface area contributed by atoms with Crippen molar-refractivity contribution >= 4 is 23.8 Å². The number of rotatable bonds is 6. The normalized spacial score (nSPS) is 21.9. The van der Waals surface area contributed by atoms with Gasteiger partial charge in [-0.1, -0.05) is 0 Å². The number of carbonyl (C=O) groups excluding carboxylic acids is 3. The van der Waals surface area contributed by atoms with Crippen LogP contribution in [-0.2, 0) is 9.59 Å². The van der Waals surface area contributed by atoms with Crippen molar-refractivity contribution in [2.45, 2.75) is 26.2 Å². The lowest BCUT2D eigenvalue weighted by atomic mass is 9.95. The Morgan fingerprint density at radius 2 is 2.25 bits per heavy atom. The van der Waals surface area contributed by atoms with Crippen LogP contribution in [-0.4, -0.2) is 72.9 Å². The van der Waals surface area contributed by atoms with Gasteiger partial charge in [-0.2, -0.15) is 0 Å². The minimum Gasteiger partial charge on any atom is -0.370 e. The van der Waals surface area contributed by atoms with Gasteiger partial charge in [-0.25, -0.2) is 4.79 Å². The summed E-state index contributed by atoms with van der Waals surface area (Å²) >= 11 is 0. The average molecular weight is 338 g/mol. The van der Waals surface area contributed by atoms with Crippen molar-refractivity contribution in [2.24, 2.45) is 16.6 Å². The van der Waals surface area contributed by atoms with E-state index in [2.05, 4.69) is 20.5 Å². The van der Waals surface area contributed by atoms with E-state index in [1.165, 1.54) is 4.90 Å². The van der Waals surface area contributed by atoms with Gasteiger partial charge in [0.05, 0.1) is 19.6 Å². The van der Waals surface area contributed by atoms with Crippen molar-refractivity contribution in [3.05, 3.63) is 0 Å². The highest BCUT2D eigenvalue weighted by Gasteiger charge is 2.28. The molecule has 4 amide bonds. The Morgan fingerprint density at radius 1 is 1.46 bits per heavy atom. The third kappa shape index (κ3) is 4.84. The first-order chi connectivity index (χ1) is 11.5. The molecule has 0 radical (unpaired) electrons. The molecule has 24 heavy (non-hydrogen) atoms. The van der Waals surface area contributed by atoms with Gasteiger partial charge in [0.25, 0.3) is 0 Å². The molecule has 4 N–H and O–H groups in total. The largest absolute Gasteiger partial charge is 0.370 e. The zero-order valence-electron chi connectivity index (χ0n) is 14.1. The number of aliphatic imine (C=N–C) groups is 1. The second-order valence-corrected chi connectivity index (χ2v) is 6.06. The van der Waals surface area contributed by atoms with E-state index in [4.69, 9.17) is 5.73 Å². The first kappa shape index (κ1) is 18.0. The van der Waals surface area contributed by atoms with E-state index in [9.17, 15) is 14.4 Å². The highest BCUT2D eigenvalue weighted by atomic mass is 16.2. The summed E-state index contributed by atoms with van der Waals surface area (Å²) in [6.07, 6.45) is 2.36. The van der Waals surface area contributed by atoms with Crippen LogP contribution in [0.4, 0.5) is 4.79 Å². The number of piperidine rings is 1. The summed E-state index contributed by atoms with van der Waals surface area (Å²) < 4.78 is 0. The van der Waals surface area contributed by atoms with Crippen LogP contribution < -0.4 is 16.4 Å². The van der Waals surface area contributed by atoms with Gasteiger partial charge in [0.2, 0.25) is 11.8 Å². The van der Waals surface area contributed by atoms with E-state index in [0.29, 0.717) is 13.0 Å². The van der Waals surface area contributed by atoms with Crippen LogP contribution in [0.2, 0.25) is 0 Å². The number of carbonyl (C=O) groups is 3. The van der Waals surface area contributed by atoms with E-state index in [1.54, 1.807) is 0 Å². The summed E-state index contributed by atoms with van der Waals surface area (Å²) in [7, 11) is 0. The SMILES string of the molecule is CCNC(=NCCN1C(=O)CNC1=O)N1CCCC(CC(N)=O)C1. The number of guanidine groups is 1. The van der Waals surface area contributed by atoms with Crippen molar-refractivity contribution in [3.63, 3.8) is 0 Å². The first-order valence-corrected chi connectivity index (χ1v) is 8.41. The fourth-order valence-electron chi connectivity index (χ4n) is 3.07. The Balaban J connectivity index is 1.93. The molecule has 9 nitrogen and oxygen atoms in total. The molecule has 2 aliphatic heterocycles. The topological polar surface area (TPSA) is 120 Å². The predicted octanol–water partition coefficient (Wildman–Crippen LogP) is -0.909. The van der Waals surface area contributed by atoms with Crippen LogP contribution in [0, 0.1) is 5.92 Å². The molecule has 0 aromatic carbocycles. The van der Waals surface area contributed by atoms with E-state index in [-0.39, 0.29) is 36.9 Å². The van der Waals surface area contributed by atoms with Gasteiger partial charge >= 0.3 is 6.03 Å². The number of amides is 4. The lowest BCUT2D eigenvalue weighted by Gasteiger charge is -2.34. The first-order valence-electron chi connectivity index (χ1n) is 8.41. The van der Waals surface area contributed by atoms with Crippen LogP contribution in [0.1, 0.15) is 26.2 Å². The number of imide groups is 1. The molecule has 1 atom stereocenters. The molecule has 2 rings (SSSR count). The minimum absolute atomic E-state index is 0.0591. The Labute approximate surface area is 141 Å². The van der Waals surface area contributed by atoms with Crippen LogP contribution in [0.3, 0.4) is 0 Å². The van der Waals surface area contributed by atoms with Crippen molar-refractivity contribution < 1.29 is 14.4 Å². The Morgan fingerprint density at radius 3 is 2.88 bits per heavy atom. The summed E-state index contributed by atoms with van der Waals surface area (Å²) in [4.78, 5) is 42.0. The summed E-state index contributed by atoms with van der Waals surface area (Å²) in [6.45, 7) is 4.97. The number of hydrogen-bond donors (Lipinski definition) is 3. The van der Waals surface area contributed by atoms with E-state index in [1.807, 2.05) is 6.92 Å². The van der Waals surface area contributed by atoms with Crippen LogP contribution in [0.5, 0.6) is 0 Å². The highest BCUT2D eigenvalue weighted by Crippen LogP contribution is 2.19. The van der Waals surface area contributed by atoms with Gasteiger partial charge < -0.3 is 21.3 Å². The number of nitrogens with one attached hydrogen (secondary N) is 2. The molecule has 9 heteroatoms. The monoisotopic (exact) mass is 338 g/mol.